The maximum Gasteiger partial charge on any atom is 0.191 e. The molecule has 1 aliphatic rings. The number of rotatable bonds is 10. The second-order valence-corrected chi connectivity index (χ2v) is 7.25. The molecule has 1 atom stereocenters. The van der Waals surface area contributed by atoms with Crippen LogP contribution in [0.3, 0.4) is 0 Å². The van der Waals surface area contributed by atoms with Gasteiger partial charge in [0.1, 0.15) is 5.60 Å². The van der Waals surface area contributed by atoms with Crippen LogP contribution in [0, 0.1) is 5.92 Å². The number of ether oxygens (including phenoxy) is 2. The summed E-state index contributed by atoms with van der Waals surface area (Å²) in [5, 5.41) is 17.2. The zero-order valence-corrected chi connectivity index (χ0v) is 19.5. The lowest BCUT2D eigenvalue weighted by Gasteiger charge is -2.22. The molecule has 1 saturated heterocycles. The van der Waals surface area contributed by atoms with Crippen molar-refractivity contribution in [3.63, 3.8) is 0 Å². The second kappa shape index (κ2) is 14.1. The number of nitrogens with zero attached hydrogens (tertiary/aromatic N) is 1. The highest BCUT2D eigenvalue weighted by atomic mass is 127. The molecule has 0 aromatic heterocycles. The van der Waals surface area contributed by atoms with E-state index in [-0.39, 0.29) is 24.0 Å². The average Bonchev–Trinajstić information content (AvgIpc) is 2.70. The minimum atomic E-state index is -0.990. The molecule has 1 heterocycles. The van der Waals surface area contributed by atoms with Gasteiger partial charge in [0.2, 0.25) is 0 Å². The van der Waals surface area contributed by atoms with E-state index in [0.29, 0.717) is 12.5 Å². The molecule has 0 radical (unpaired) electrons. The summed E-state index contributed by atoms with van der Waals surface area (Å²) in [5.74, 6) is 1.36. The number of aliphatic imine (C=N–C) groups is 1. The molecule has 0 spiro atoms. The van der Waals surface area contributed by atoms with E-state index in [2.05, 4.69) is 15.6 Å². The number of benzene rings is 1. The highest BCUT2D eigenvalue weighted by Gasteiger charge is 2.22. The van der Waals surface area contributed by atoms with Crippen LogP contribution in [0.4, 0.5) is 0 Å². The third-order valence-electron chi connectivity index (χ3n) is 4.74. The smallest absolute Gasteiger partial charge is 0.191 e. The molecule has 2 rings (SSSR count). The van der Waals surface area contributed by atoms with E-state index in [1.54, 1.807) is 6.92 Å². The predicted molar refractivity (Wildman–Crippen MR) is 124 cm³/mol. The van der Waals surface area contributed by atoms with Gasteiger partial charge in [-0.1, -0.05) is 30.3 Å². The van der Waals surface area contributed by atoms with Gasteiger partial charge < -0.3 is 25.2 Å². The van der Waals surface area contributed by atoms with E-state index >= 15 is 0 Å². The summed E-state index contributed by atoms with van der Waals surface area (Å²) in [6.07, 6.45) is 3.14. The van der Waals surface area contributed by atoms with Crippen LogP contribution < -0.4 is 10.6 Å². The SMILES string of the molecule is CCNC(=NCC(C)(O)c1ccccc1)NCCCOCC1CCOCC1.I. The monoisotopic (exact) mass is 505 g/mol. The predicted octanol–water partition coefficient (Wildman–Crippen LogP) is 2.90. The van der Waals surface area contributed by atoms with Gasteiger partial charge in [0.25, 0.3) is 0 Å². The van der Waals surface area contributed by atoms with Crippen molar-refractivity contribution in [1.82, 2.24) is 10.6 Å². The maximum absolute atomic E-state index is 10.7. The number of hydrogen-bond acceptors (Lipinski definition) is 4. The first-order chi connectivity index (χ1) is 13.1. The molecule has 1 aliphatic heterocycles. The Bertz CT molecular complexity index is 549. The van der Waals surface area contributed by atoms with Crippen molar-refractivity contribution in [3.05, 3.63) is 35.9 Å². The van der Waals surface area contributed by atoms with Gasteiger partial charge in [0.15, 0.2) is 5.96 Å². The minimum Gasteiger partial charge on any atom is -0.384 e. The number of guanidine groups is 1. The molecule has 1 aromatic carbocycles. The summed E-state index contributed by atoms with van der Waals surface area (Å²) in [6, 6.07) is 9.64. The van der Waals surface area contributed by atoms with Crippen molar-refractivity contribution in [2.45, 2.75) is 38.7 Å². The second-order valence-electron chi connectivity index (χ2n) is 7.25. The molecular weight excluding hydrogens is 469 g/mol. The summed E-state index contributed by atoms with van der Waals surface area (Å²) in [4.78, 5) is 4.54. The number of hydrogen-bond donors (Lipinski definition) is 3. The lowest BCUT2D eigenvalue weighted by Crippen LogP contribution is -2.39. The van der Waals surface area contributed by atoms with Crippen molar-refractivity contribution in [1.29, 1.82) is 0 Å². The topological polar surface area (TPSA) is 75.1 Å². The van der Waals surface area contributed by atoms with Crippen molar-refractivity contribution < 1.29 is 14.6 Å². The van der Waals surface area contributed by atoms with Crippen LogP contribution in [0.1, 0.15) is 38.7 Å². The molecule has 6 nitrogen and oxygen atoms in total. The average molecular weight is 505 g/mol. The molecule has 1 aromatic rings. The molecule has 0 amide bonds. The number of aliphatic hydroxyl groups is 1. The van der Waals surface area contributed by atoms with Crippen LogP contribution in [0.5, 0.6) is 0 Å². The zero-order chi connectivity index (χ0) is 19.4. The Hall–Kier alpha value is -0.900. The van der Waals surface area contributed by atoms with Crippen LogP contribution >= 0.6 is 24.0 Å². The van der Waals surface area contributed by atoms with Gasteiger partial charge in [-0.3, -0.25) is 0 Å². The van der Waals surface area contributed by atoms with Gasteiger partial charge in [-0.2, -0.15) is 0 Å². The van der Waals surface area contributed by atoms with Crippen LogP contribution in [-0.2, 0) is 15.1 Å². The Balaban J connectivity index is 0.00000392. The summed E-state index contributed by atoms with van der Waals surface area (Å²) in [6.45, 7) is 8.99. The summed E-state index contributed by atoms with van der Waals surface area (Å²) in [5.41, 5.74) is -0.123. The molecule has 0 aliphatic carbocycles. The minimum absolute atomic E-state index is 0. The Morgan fingerprint density at radius 3 is 2.64 bits per heavy atom. The van der Waals surface area contributed by atoms with E-state index in [1.807, 2.05) is 37.3 Å². The van der Waals surface area contributed by atoms with Crippen molar-refractivity contribution in [3.8, 4) is 0 Å². The first kappa shape index (κ1) is 25.1. The quantitative estimate of drug-likeness (QED) is 0.197. The van der Waals surface area contributed by atoms with E-state index in [1.165, 1.54) is 0 Å². The number of halogens is 1. The van der Waals surface area contributed by atoms with Gasteiger partial charge in [0, 0.05) is 39.5 Å². The first-order valence-corrected chi connectivity index (χ1v) is 10.1. The molecular formula is C21H36IN3O3. The van der Waals surface area contributed by atoms with Gasteiger partial charge in [0.05, 0.1) is 6.54 Å². The summed E-state index contributed by atoms with van der Waals surface area (Å²) < 4.78 is 11.2. The lowest BCUT2D eigenvalue weighted by atomic mass is 9.96. The van der Waals surface area contributed by atoms with Crippen LogP contribution in [-0.4, -0.2) is 57.1 Å². The van der Waals surface area contributed by atoms with Crippen molar-refractivity contribution >= 4 is 29.9 Å². The van der Waals surface area contributed by atoms with Crippen LogP contribution in [0.25, 0.3) is 0 Å². The highest BCUT2D eigenvalue weighted by molar-refractivity contribution is 14.0. The summed E-state index contributed by atoms with van der Waals surface area (Å²) >= 11 is 0. The molecule has 0 saturated carbocycles. The molecule has 0 bridgehead atoms. The summed E-state index contributed by atoms with van der Waals surface area (Å²) in [7, 11) is 0. The standard InChI is InChI=1S/C21H35N3O3.HI/c1-3-22-20(24-17-21(2,25)19-8-5-4-6-9-19)23-12-7-13-27-16-18-10-14-26-15-11-18;/h4-6,8-9,18,25H,3,7,10-17H2,1-2H3,(H2,22,23,24);1H. The zero-order valence-electron chi connectivity index (χ0n) is 17.2. The first-order valence-electron chi connectivity index (χ1n) is 10.1. The highest BCUT2D eigenvalue weighted by Crippen LogP contribution is 2.20. The normalized spacial score (nSPS) is 17.5. The molecule has 28 heavy (non-hydrogen) atoms. The van der Waals surface area contributed by atoms with Crippen molar-refractivity contribution in [2.75, 3.05) is 46.1 Å². The lowest BCUT2D eigenvalue weighted by molar-refractivity contribution is 0.0203. The largest absolute Gasteiger partial charge is 0.384 e. The Morgan fingerprint density at radius 2 is 1.96 bits per heavy atom. The maximum atomic E-state index is 10.7. The van der Waals surface area contributed by atoms with E-state index in [4.69, 9.17) is 9.47 Å². The Labute approximate surface area is 186 Å². The fraction of sp³-hybridized carbons (Fsp3) is 0.667. The van der Waals surface area contributed by atoms with Crippen LogP contribution in [0.2, 0.25) is 0 Å². The van der Waals surface area contributed by atoms with Gasteiger partial charge in [-0.15, -0.1) is 24.0 Å². The van der Waals surface area contributed by atoms with Gasteiger partial charge >= 0.3 is 0 Å². The third kappa shape index (κ3) is 9.54. The molecule has 1 unspecified atom stereocenters. The molecule has 7 heteroatoms. The van der Waals surface area contributed by atoms with Crippen LogP contribution in [0.15, 0.2) is 35.3 Å². The van der Waals surface area contributed by atoms with Crippen molar-refractivity contribution in [2.24, 2.45) is 10.9 Å². The fourth-order valence-electron chi connectivity index (χ4n) is 3.01. The molecule has 160 valence electrons. The van der Waals surface area contributed by atoms with E-state index in [9.17, 15) is 5.11 Å². The Morgan fingerprint density at radius 1 is 1.25 bits per heavy atom. The fourth-order valence-corrected chi connectivity index (χ4v) is 3.01. The third-order valence-corrected chi connectivity index (χ3v) is 4.74. The molecule has 1 fully saturated rings. The molecule has 3 N–H and O–H groups in total. The Kier molecular flexibility index (Phi) is 12.7. The van der Waals surface area contributed by atoms with Gasteiger partial charge in [-0.05, 0) is 44.6 Å². The van der Waals surface area contributed by atoms with E-state index < -0.39 is 5.60 Å². The number of nitrogens with one attached hydrogen (secondary N) is 2. The van der Waals surface area contributed by atoms with E-state index in [0.717, 1.165) is 70.3 Å². The van der Waals surface area contributed by atoms with Gasteiger partial charge in [-0.25, -0.2) is 4.99 Å².